The van der Waals surface area contributed by atoms with Crippen LogP contribution in [-0.2, 0) is 5.41 Å². The number of aryl methyl sites for hydroxylation is 4. The first-order valence-corrected chi connectivity index (χ1v) is 12.3. The number of phenols is 1. The highest BCUT2D eigenvalue weighted by molar-refractivity contribution is 5.92. The largest absolute Gasteiger partial charge is 0.507 e. The van der Waals surface area contributed by atoms with Gasteiger partial charge >= 0.3 is 5.97 Å². The van der Waals surface area contributed by atoms with Gasteiger partial charge in [-0.25, -0.2) is 4.79 Å². The van der Waals surface area contributed by atoms with Crippen LogP contribution in [-0.4, -0.2) is 16.2 Å². The molecule has 4 aromatic rings. The van der Waals surface area contributed by atoms with Gasteiger partial charge in [-0.05, 0) is 116 Å². The van der Waals surface area contributed by atoms with E-state index in [1.54, 1.807) is 13.0 Å². The molecule has 0 aromatic heterocycles. The van der Waals surface area contributed by atoms with Crippen LogP contribution >= 0.6 is 0 Å². The van der Waals surface area contributed by atoms with E-state index in [1.165, 1.54) is 16.7 Å². The zero-order valence-electron chi connectivity index (χ0n) is 22.2. The highest BCUT2D eigenvalue weighted by Crippen LogP contribution is 2.50. The molecule has 0 saturated carbocycles. The Labute approximate surface area is 214 Å². The first kappa shape index (κ1) is 25.2. The van der Waals surface area contributed by atoms with Gasteiger partial charge in [-0.2, -0.15) is 0 Å². The van der Waals surface area contributed by atoms with Gasteiger partial charge in [0.25, 0.3) is 0 Å². The van der Waals surface area contributed by atoms with Crippen molar-refractivity contribution in [1.82, 2.24) is 0 Å². The number of hydrogen-bond acceptors (Lipinski definition) is 2. The van der Waals surface area contributed by atoms with E-state index < -0.39 is 11.4 Å². The van der Waals surface area contributed by atoms with E-state index in [2.05, 4.69) is 96.1 Å². The Bertz CT molecular complexity index is 1370. The summed E-state index contributed by atoms with van der Waals surface area (Å²) in [6.07, 6.45) is 0. The average Bonchev–Trinajstić information content (AvgIpc) is 2.83. The van der Waals surface area contributed by atoms with Gasteiger partial charge in [-0.15, -0.1) is 0 Å². The molecule has 36 heavy (non-hydrogen) atoms. The van der Waals surface area contributed by atoms with E-state index in [1.807, 2.05) is 6.07 Å². The predicted octanol–water partition coefficient (Wildman–Crippen LogP) is 7.63. The van der Waals surface area contributed by atoms with Gasteiger partial charge in [-0.3, -0.25) is 0 Å². The summed E-state index contributed by atoms with van der Waals surface area (Å²) in [5, 5.41) is 20.7. The second-order valence-electron chi connectivity index (χ2n) is 9.99. The molecule has 0 unspecified atom stereocenters. The Morgan fingerprint density at radius 2 is 1.00 bits per heavy atom. The molecule has 0 bridgehead atoms. The van der Waals surface area contributed by atoms with Crippen molar-refractivity contribution >= 4 is 5.97 Å². The standard InChI is InChI=1S/C33H34O3/c1-19-11-8-14-28(23(19)5)33(29-15-9-12-20(2)24(29)6,30-16-10-13-21(3)25(30)7)26-17-22(4)31(34)27(18-26)32(35)36/h8-18,34H,1-7H3,(H,35,36). The molecular weight excluding hydrogens is 444 g/mol. The minimum atomic E-state index is -1.14. The summed E-state index contributed by atoms with van der Waals surface area (Å²) in [7, 11) is 0. The molecule has 0 fully saturated rings. The quantitative estimate of drug-likeness (QED) is 0.290. The molecule has 4 aromatic carbocycles. The van der Waals surface area contributed by atoms with Crippen molar-refractivity contribution in [1.29, 1.82) is 0 Å². The number of hydrogen-bond donors (Lipinski definition) is 2. The maximum Gasteiger partial charge on any atom is 0.339 e. The van der Waals surface area contributed by atoms with Crippen LogP contribution in [0.15, 0.2) is 66.7 Å². The van der Waals surface area contributed by atoms with Gasteiger partial charge in [0.1, 0.15) is 11.3 Å². The summed E-state index contributed by atoms with van der Waals surface area (Å²) in [5.74, 6) is -1.34. The lowest BCUT2D eigenvalue weighted by molar-refractivity contribution is 0.0693. The van der Waals surface area contributed by atoms with Gasteiger partial charge in [0.05, 0.1) is 5.41 Å². The number of rotatable bonds is 5. The molecule has 4 rings (SSSR count). The zero-order valence-corrected chi connectivity index (χ0v) is 22.2. The van der Waals surface area contributed by atoms with Crippen molar-refractivity contribution in [3.8, 4) is 5.75 Å². The van der Waals surface area contributed by atoms with Gasteiger partial charge in [0, 0.05) is 0 Å². The number of carboxylic acids is 1. The second-order valence-corrected chi connectivity index (χ2v) is 9.99. The molecule has 0 spiro atoms. The summed E-state index contributed by atoms with van der Waals surface area (Å²) in [6.45, 7) is 14.5. The lowest BCUT2D eigenvalue weighted by atomic mass is 9.61. The highest BCUT2D eigenvalue weighted by atomic mass is 16.4. The monoisotopic (exact) mass is 478 g/mol. The molecule has 184 valence electrons. The Balaban J connectivity index is 2.37. The number of benzene rings is 4. The molecule has 0 saturated heterocycles. The Kier molecular flexibility index (Phi) is 6.53. The summed E-state index contributed by atoms with van der Waals surface area (Å²) >= 11 is 0. The lowest BCUT2D eigenvalue weighted by Crippen LogP contribution is -2.34. The summed E-state index contributed by atoms with van der Waals surface area (Å²) < 4.78 is 0. The third kappa shape index (κ3) is 3.80. The minimum absolute atomic E-state index is 0.0877. The predicted molar refractivity (Wildman–Crippen MR) is 147 cm³/mol. The molecule has 0 aliphatic carbocycles. The number of carboxylic acid groups (broad SMARTS) is 1. The van der Waals surface area contributed by atoms with E-state index in [9.17, 15) is 15.0 Å². The highest BCUT2D eigenvalue weighted by Gasteiger charge is 2.43. The maximum absolute atomic E-state index is 12.3. The molecule has 3 nitrogen and oxygen atoms in total. The van der Waals surface area contributed by atoms with Crippen molar-refractivity contribution in [2.24, 2.45) is 0 Å². The van der Waals surface area contributed by atoms with Crippen molar-refractivity contribution < 1.29 is 15.0 Å². The smallest absolute Gasteiger partial charge is 0.339 e. The molecule has 0 aliphatic heterocycles. The maximum atomic E-state index is 12.3. The molecule has 0 radical (unpaired) electrons. The van der Waals surface area contributed by atoms with E-state index >= 15 is 0 Å². The fourth-order valence-electron chi connectivity index (χ4n) is 5.53. The summed E-state index contributed by atoms with van der Waals surface area (Å²) in [4.78, 5) is 12.3. The minimum Gasteiger partial charge on any atom is -0.507 e. The molecular formula is C33H34O3. The van der Waals surface area contributed by atoms with Crippen molar-refractivity contribution in [3.63, 3.8) is 0 Å². The van der Waals surface area contributed by atoms with Gasteiger partial charge < -0.3 is 10.2 Å². The Morgan fingerprint density at radius 1 is 0.611 bits per heavy atom. The van der Waals surface area contributed by atoms with Gasteiger partial charge in [0.15, 0.2) is 0 Å². The number of aromatic carboxylic acids is 1. The molecule has 3 heteroatoms. The number of aromatic hydroxyl groups is 1. The van der Waals surface area contributed by atoms with Gasteiger partial charge in [-0.1, -0.05) is 60.7 Å². The third-order valence-corrected chi connectivity index (χ3v) is 7.99. The molecule has 0 amide bonds. The van der Waals surface area contributed by atoms with Crippen LogP contribution < -0.4 is 0 Å². The molecule has 0 atom stereocenters. The zero-order chi connectivity index (χ0) is 26.4. The average molecular weight is 479 g/mol. The van der Waals surface area contributed by atoms with Gasteiger partial charge in [0.2, 0.25) is 0 Å². The van der Waals surface area contributed by atoms with Crippen LogP contribution in [0.5, 0.6) is 5.75 Å². The Morgan fingerprint density at radius 3 is 1.36 bits per heavy atom. The molecule has 0 heterocycles. The molecule has 2 N–H and O–H groups in total. The second kappa shape index (κ2) is 9.31. The number of carbonyl (C=O) groups is 1. The SMILES string of the molecule is Cc1cccc(C(c2cc(C)c(O)c(C(=O)O)c2)(c2cccc(C)c2C)c2cccc(C)c2C)c1C. The van der Waals surface area contributed by atoms with Crippen molar-refractivity contribution in [3.05, 3.63) is 133 Å². The van der Waals surface area contributed by atoms with Crippen LogP contribution in [0.1, 0.15) is 71.6 Å². The lowest BCUT2D eigenvalue weighted by Gasteiger charge is -2.41. The van der Waals surface area contributed by atoms with Crippen molar-refractivity contribution in [2.45, 2.75) is 53.9 Å². The Hall–Kier alpha value is -3.85. The van der Waals surface area contributed by atoms with Crippen LogP contribution in [0, 0.1) is 48.5 Å². The summed E-state index contributed by atoms with van der Waals surface area (Å²) in [6, 6.07) is 22.7. The first-order valence-electron chi connectivity index (χ1n) is 12.3. The van der Waals surface area contributed by atoms with E-state index in [-0.39, 0.29) is 11.3 Å². The first-order chi connectivity index (χ1) is 17.0. The molecule has 0 aliphatic rings. The van der Waals surface area contributed by atoms with Crippen LogP contribution in [0.4, 0.5) is 0 Å². The van der Waals surface area contributed by atoms with Crippen molar-refractivity contribution in [2.75, 3.05) is 0 Å². The van der Waals surface area contributed by atoms with E-state index in [4.69, 9.17) is 0 Å². The topological polar surface area (TPSA) is 57.5 Å². The third-order valence-electron chi connectivity index (χ3n) is 7.99. The van der Waals surface area contributed by atoms with E-state index in [0.29, 0.717) is 5.56 Å². The fourth-order valence-corrected chi connectivity index (χ4v) is 5.53. The van der Waals surface area contributed by atoms with Crippen LogP contribution in [0.25, 0.3) is 0 Å². The van der Waals surface area contributed by atoms with E-state index in [0.717, 1.165) is 38.9 Å². The van der Waals surface area contributed by atoms with Crippen LogP contribution in [0.2, 0.25) is 0 Å². The fraction of sp³-hybridized carbons (Fsp3) is 0.242. The summed E-state index contributed by atoms with van der Waals surface area (Å²) in [5.41, 5.74) is 10.8. The van der Waals surface area contributed by atoms with Crippen LogP contribution in [0.3, 0.4) is 0 Å². The normalized spacial score (nSPS) is 11.5.